The lowest BCUT2D eigenvalue weighted by Crippen LogP contribution is -2.60. The molecule has 0 aromatic heterocycles. The molecule has 12 nitrogen and oxygen atoms in total. The van der Waals surface area contributed by atoms with Gasteiger partial charge in [0.1, 0.15) is 23.7 Å². The normalized spacial score (nSPS) is 24.7. The molecule has 1 saturated heterocycles. The van der Waals surface area contributed by atoms with Gasteiger partial charge in [-0.15, -0.1) is 0 Å². The van der Waals surface area contributed by atoms with E-state index in [-0.39, 0.29) is 18.4 Å². The summed E-state index contributed by atoms with van der Waals surface area (Å²) in [4.78, 5) is 67.5. The first-order valence-electron chi connectivity index (χ1n) is 15.5. The molecule has 1 heterocycles. The molecule has 3 rings (SSSR count). The Balaban J connectivity index is 1.90. The van der Waals surface area contributed by atoms with Gasteiger partial charge in [0.2, 0.25) is 27.6 Å². The molecule has 0 radical (unpaired) electrons. The van der Waals surface area contributed by atoms with Crippen LogP contribution in [-0.2, 0) is 33.9 Å². The third-order valence-electron chi connectivity index (χ3n) is 9.15. The topological polar surface area (TPSA) is 168 Å². The Morgan fingerprint density at radius 1 is 0.935 bits per heavy atom. The highest BCUT2D eigenvalue weighted by Gasteiger charge is 2.70. The molecule has 3 fully saturated rings. The van der Waals surface area contributed by atoms with E-state index < -0.39 is 92.0 Å². The summed E-state index contributed by atoms with van der Waals surface area (Å²) >= 11 is 0. The Morgan fingerprint density at radius 2 is 1.50 bits per heavy atom. The predicted octanol–water partition coefficient (Wildman–Crippen LogP) is 3.19. The van der Waals surface area contributed by atoms with Crippen LogP contribution < -0.4 is 15.4 Å². The van der Waals surface area contributed by atoms with E-state index in [4.69, 9.17) is 4.74 Å². The van der Waals surface area contributed by atoms with E-state index in [1.165, 1.54) is 30.4 Å². The molecule has 3 unspecified atom stereocenters. The molecule has 2 aliphatic carbocycles. The number of carbonyl (C=O) groups excluding carboxylic acids is 5. The van der Waals surface area contributed by atoms with Gasteiger partial charge in [0.05, 0.1) is 11.2 Å². The molecule has 0 bridgehead atoms. The van der Waals surface area contributed by atoms with Gasteiger partial charge in [0, 0.05) is 6.54 Å². The maximum absolute atomic E-state index is 14.1. The highest BCUT2D eigenvalue weighted by molar-refractivity contribution is 7.91. The molecule has 262 valence electrons. The number of hydrogen-bond donors (Lipinski definition) is 3. The number of nitrogens with zero attached hydrogens (tertiary/aromatic N) is 1. The van der Waals surface area contributed by atoms with Gasteiger partial charge in [-0.1, -0.05) is 33.1 Å². The van der Waals surface area contributed by atoms with E-state index >= 15 is 0 Å². The molecule has 0 aromatic rings. The van der Waals surface area contributed by atoms with E-state index in [9.17, 15) is 45.6 Å². The summed E-state index contributed by atoms with van der Waals surface area (Å²) < 4.78 is 70.9. The SMILES string of the molecule is CC(C)(C)OC(=O)N[C@H](C(=O)N1CC2C([C@H]1C(=O)NC(CC(F)(F)F)C(=O)C(=O)NS(=O)(=O)C(C)(C)C)C2(C)C)C1CCCCC1. The molecule has 4 amide bonds. The number of amides is 4. The third kappa shape index (κ3) is 8.71. The number of Topliss-reactive ketones (excluding diaryl/α,β-unsaturated/α-hetero) is 1. The summed E-state index contributed by atoms with van der Waals surface area (Å²) in [6.45, 7) is 12.5. The van der Waals surface area contributed by atoms with Gasteiger partial charge >= 0.3 is 18.2 Å². The summed E-state index contributed by atoms with van der Waals surface area (Å²) in [5.74, 6) is -6.22. The molecule has 46 heavy (non-hydrogen) atoms. The lowest BCUT2D eigenvalue weighted by molar-refractivity contribution is -0.155. The van der Waals surface area contributed by atoms with Crippen LogP contribution in [-0.4, -0.2) is 84.1 Å². The molecular formula is C30H47F3N4O8S. The first kappa shape index (κ1) is 37.5. The number of ketones is 1. The van der Waals surface area contributed by atoms with Crippen molar-refractivity contribution < 1.29 is 50.3 Å². The maximum atomic E-state index is 14.1. The van der Waals surface area contributed by atoms with Gasteiger partial charge < -0.3 is 20.3 Å². The van der Waals surface area contributed by atoms with Gasteiger partial charge in [0.25, 0.3) is 0 Å². The van der Waals surface area contributed by atoms with Crippen LogP contribution in [0, 0.1) is 23.2 Å². The lowest BCUT2D eigenvalue weighted by atomic mass is 9.83. The van der Waals surface area contributed by atoms with Gasteiger partial charge in [0.15, 0.2) is 0 Å². The Morgan fingerprint density at radius 3 is 2.00 bits per heavy atom. The Bertz CT molecular complexity index is 1330. The molecule has 2 saturated carbocycles. The zero-order valence-electron chi connectivity index (χ0n) is 27.7. The molecule has 3 aliphatic rings. The number of carbonyl (C=O) groups is 5. The maximum Gasteiger partial charge on any atom is 0.408 e. The molecule has 0 spiro atoms. The van der Waals surface area contributed by atoms with E-state index in [2.05, 4.69) is 5.32 Å². The second kappa shape index (κ2) is 12.9. The summed E-state index contributed by atoms with van der Waals surface area (Å²) in [5.41, 5.74) is -1.32. The van der Waals surface area contributed by atoms with Crippen LogP contribution in [0.25, 0.3) is 0 Å². The van der Waals surface area contributed by atoms with Crippen molar-refractivity contribution in [2.24, 2.45) is 23.2 Å². The highest BCUT2D eigenvalue weighted by atomic mass is 32.2. The van der Waals surface area contributed by atoms with Crippen LogP contribution in [0.3, 0.4) is 0 Å². The van der Waals surface area contributed by atoms with E-state index in [0.717, 1.165) is 19.3 Å². The van der Waals surface area contributed by atoms with Crippen molar-refractivity contribution in [2.45, 2.75) is 129 Å². The van der Waals surface area contributed by atoms with Gasteiger partial charge in [-0.25, -0.2) is 17.9 Å². The van der Waals surface area contributed by atoms with Crippen LogP contribution in [0.2, 0.25) is 0 Å². The summed E-state index contributed by atoms with van der Waals surface area (Å²) in [7, 11) is -4.45. The number of rotatable bonds is 9. The van der Waals surface area contributed by atoms with Crippen molar-refractivity contribution in [3.63, 3.8) is 0 Å². The number of alkyl halides is 3. The molecule has 16 heteroatoms. The van der Waals surface area contributed by atoms with Crippen molar-refractivity contribution >= 4 is 39.6 Å². The number of sulfonamides is 1. The number of nitrogens with one attached hydrogen (secondary N) is 3. The standard InChI is InChI=1S/C30H47F3N4O8S/c1-27(2,3)45-26(42)35-20(16-12-10-9-11-13-16)25(41)37-15-17-19(29(17,7)8)21(37)23(39)34-18(14-30(31,32)33)22(38)24(40)36-46(43,44)28(4,5)6/h16-21H,9-15H2,1-8H3,(H,34,39)(H,35,42)(H,36,40)/t17?,18?,19?,20-,21-/m0/s1. The third-order valence-corrected chi connectivity index (χ3v) is 11.2. The van der Waals surface area contributed by atoms with Gasteiger partial charge in [-0.2, -0.15) is 13.2 Å². The first-order valence-corrected chi connectivity index (χ1v) is 17.0. The molecular weight excluding hydrogens is 633 g/mol. The number of likely N-dealkylation sites (tertiary alicyclic amines) is 1. The minimum Gasteiger partial charge on any atom is -0.444 e. The average Bonchev–Trinajstić information content (AvgIpc) is 3.21. The summed E-state index contributed by atoms with van der Waals surface area (Å²) in [5, 5.41) is 4.69. The van der Waals surface area contributed by atoms with Crippen molar-refractivity contribution in [3.05, 3.63) is 0 Å². The quantitative estimate of drug-likeness (QED) is 0.312. The number of halogens is 3. The van der Waals surface area contributed by atoms with Crippen LogP contribution >= 0.6 is 0 Å². The smallest absolute Gasteiger partial charge is 0.408 e. The van der Waals surface area contributed by atoms with E-state index in [1.807, 2.05) is 19.2 Å². The van der Waals surface area contributed by atoms with Crippen molar-refractivity contribution in [2.75, 3.05) is 6.54 Å². The van der Waals surface area contributed by atoms with Crippen LogP contribution in [0.5, 0.6) is 0 Å². The van der Waals surface area contributed by atoms with Crippen molar-refractivity contribution in [3.8, 4) is 0 Å². The fourth-order valence-electron chi connectivity index (χ4n) is 6.46. The van der Waals surface area contributed by atoms with Gasteiger partial charge in [-0.3, -0.25) is 19.2 Å². The molecule has 1 aliphatic heterocycles. The Kier molecular flexibility index (Phi) is 10.6. The minimum absolute atomic E-state index is 0.0933. The minimum atomic E-state index is -5.02. The first-order chi connectivity index (χ1) is 20.8. The monoisotopic (exact) mass is 680 g/mol. The zero-order chi connectivity index (χ0) is 35.2. The second-order valence-corrected chi connectivity index (χ2v) is 17.6. The molecule has 0 aromatic carbocycles. The summed E-state index contributed by atoms with van der Waals surface area (Å²) in [6, 6.07) is -4.81. The van der Waals surface area contributed by atoms with Gasteiger partial charge in [-0.05, 0) is 77.6 Å². The largest absolute Gasteiger partial charge is 0.444 e. The Labute approximate surface area is 268 Å². The zero-order valence-corrected chi connectivity index (χ0v) is 28.5. The summed E-state index contributed by atoms with van der Waals surface area (Å²) in [6.07, 6.45) is -3.93. The second-order valence-electron chi connectivity index (χ2n) is 15.2. The average molecular weight is 681 g/mol. The number of alkyl carbamates (subject to hydrolysis) is 1. The van der Waals surface area contributed by atoms with Crippen molar-refractivity contribution in [1.29, 1.82) is 0 Å². The number of hydrogen-bond acceptors (Lipinski definition) is 8. The van der Waals surface area contributed by atoms with Crippen LogP contribution in [0.4, 0.5) is 18.0 Å². The number of piperidine rings is 1. The van der Waals surface area contributed by atoms with Crippen LogP contribution in [0.1, 0.15) is 93.9 Å². The van der Waals surface area contributed by atoms with E-state index in [0.29, 0.717) is 12.8 Å². The molecule has 3 N–H and O–H groups in total. The predicted molar refractivity (Wildman–Crippen MR) is 160 cm³/mol. The molecule has 5 atom stereocenters. The number of fused-ring (bicyclic) bond motifs is 1. The van der Waals surface area contributed by atoms with Crippen molar-refractivity contribution in [1.82, 2.24) is 20.3 Å². The lowest BCUT2D eigenvalue weighted by Gasteiger charge is -2.37. The van der Waals surface area contributed by atoms with Crippen LogP contribution in [0.15, 0.2) is 0 Å². The highest BCUT2D eigenvalue weighted by Crippen LogP contribution is 2.65. The van der Waals surface area contributed by atoms with E-state index in [1.54, 1.807) is 20.8 Å². The number of ether oxygens (including phenoxy) is 1. The fourth-order valence-corrected chi connectivity index (χ4v) is 7.11. The fraction of sp³-hybridized carbons (Fsp3) is 0.833. The Hall–Kier alpha value is -2.91.